The van der Waals surface area contributed by atoms with E-state index < -0.39 is 0 Å². The number of aliphatic hydroxyl groups is 1. The summed E-state index contributed by atoms with van der Waals surface area (Å²) < 4.78 is 0. The molecule has 1 heterocycles. The fraction of sp³-hybridized carbons (Fsp3) is 0.176. The van der Waals surface area contributed by atoms with E-state index in [0.29, 0.717) is 0 Å². The number of aliphatic hydroxyl groups excluding tert-OH is 1. The average molecular weight is 268 g/mol. The van der Waals surface area contributed by atoms with E-state index in [0.717, 1.165) is 17.7 Å². The molecule has 0 aliphatic heterocycles. The van der Waals surface area contributed by atoms with Crippen molar-refractivity contribution in [2.75, 3.05) is 0 Å². The second-order valence-corrected chi connectivity index (χ2v) is 5.69. The van der Waals surface area contributed by atoms with Gasteiger partial charge >= 0.3 is 0 Å². The average Bonchev–Trinajstić information content (AvgIpc) is 2.99. The van der Waals surface area contributed by atoms with Gasteiger partial charge in [0.15, 0.2) is 0 Å². The summed E-state index contributed by atoms with van der Waals surface area (Å²) in [6.45, 7) is 0. The predicted octanol–water partition coefficient (Wildman–Crippen LogP) is 4.57. The first-order chi connectivity index (χ1) is 9.34. The van der Waals surface area contributed by atoms with Gasteiger partial charge in [-0.15, -0.1) is 11.3 Å². The van der Waals surface area contributed by atoms with Crippen LogP contribution in [0.4, 0.5) is 0 Å². The highest BCUT2D eigenvalue weighted by Gasteiger charge is 2.09. The highest BCUT2D eigenvalue weighted by molar-refractivity contribution is 7.10. The number of aryl methyl sites for hydroxylation is 1. The molecule has 1 N–H and O–H groups in total. The van der Waals surface area contributed by atoms with Crippen molar-refractivity contribution in [2.45, 2.75) is 18.9 Å². The highest BCUT2D eigenvalue weighted by atomic mass is 32.1. The SMILES string of the molecule is OC(CCc1cccc2ccccc12)c1cccs1. The van der Waals surface area contributed by atoms with Crippen molar-refractivity contribution in [3.05, 3.63) is 70.4 Å². The Morgan fingerprint density at radius 2 is 1.79 bits per heavy atom. The van der Waals surface area contributed by atoms with E-state index >= 15 is 0 Å². The van der Waals surface area contributed by atoms with Gasteiger partial charge in [0, 0.05) is 4.88 Å². The minimum Gasteiger partial charge on any atom is -0.388 e. The van der Waals surface area contributed by atoms with Gasteiger partial charge in [-0.2, -0.15) is 0 Å². The summed E-state index contributed by atoms with van der Waals surface area (Å²) in [5.41, 5.74) is 1.31. The number of hydrogen-bond acceptors (Lipinski definition) is 2. The number of fused-ring (bicyclic) bond motifs is 1. The Kier molecular flexibility index (Phi) is 3.62. The Balaban J connectivity index is 1.79. The lowest BCUT2D eigenvalue weighted by Crippen LogP contribution is -1.97. The highest BCUT2D eigenvalue weighted by Crippen LogP contribution is 2.25. The first-order valence-corrected chi connectivity index (χ1v) is 7.40. The van der Waals surface area contributed by atoms with Gasteiger partial charge in [-0.25, -0.2) is 0 Å². The van der Waals surface area contributed by atoms with Crippen molar-refractivity contribution < 1.29 is 5.11 Å². The molecule has 19 heavy (non-hydrogen) atoms. The molecule has 96 valence electrons. The third kappa shape index (κ3) is 2.70. The number of rotatable bonds is 4. The van der Waals surface area contributed by atoms with Gasteiger partial charge in [-0.05, 0) is 40.6 Å². The third-order valence-electron chi connectivity index (χ3n) is 3.44. The summed E-state index contributed by atoms with van der Waals surface area (Å²) in [5, 5.41) is 14.7. The summed E-state index contributed by atoms with van der Waals surface area (Å²) >= 11 is 1.62. The number of thiophene rings is 1. The van der Waals surface area contributed by atoms with E-state index in [4.69, 9.17) is 0 Å². The molecule has 2 heteroatoms. The van der Waals surface area contributed by atoms with E-state index in [1.807, 2.05) is 17.5 Å². The van der Waals surface area contributed by atoms with Crippen molar-refractivity contribution in [1.29, 1.82) is 0 Å². The van der Waals surface area contributed by atoms with Crippen molar-refractivity contribution in [3.63, 3.8) is 0 Å². The zero-order valence-electron chi connectivity index (χ0n) is 10.6. The maximum atomic E-state index is 10.2. The molecule has 0 bridgehead atoms. The molecule has 0 saturated heterocycles. The van der Waals surface area contributed by atoms with Crippen LogP contribution in [0.15, 0.2) is 60.0 Å². The Bertz CT molecular complexity index is 653. The van der Waals surface area contributed by atoms with Crippen molar-refractivity contribution >= 4 is 22.1 Å². The van der Waals surface area contributed by atoms with E-state index in [1.54, 1.807) is 11.3 Å². The maximum absolute atomic E-state index is 10.2. The lowest BCUT2D eigenvalue weighted by Gasteiger charge is -2.10. The Morgan fingerprint density at radius 3 is 2.63 bits per heavy atom. The molecule has 1 aromatic heterocycles. The molecular formula is C17H16OS. The smallest absolute Gasteiger partial charge is 0.0885 e. The number of benzene rings is 2. The first kappa shape index (κ1) is 12.4. The standard InChI is InChI=1S/C17H16OS/c18-16(17-9-4-12-19-17)11-10-14-7-3-6-13-5-1-2-8-15(13)14/h1-9,12,16,18H,10-11H2. The van der Waals surface area contributed by atoms with E-state index in [9.17, 15) is 5.11 Å². The molecule has 0 spiro atoms. The van der Waals surface area contributed by atoms with Gasteiger partial charge in [0.25, 0.3) is 0 Å². The van der Waals surface area contributed by atoms with Gasteiger partial charge in [0.05, 0.1) is 6.10 Å². The summed E-state index contributed by atoms with van der Waals surface area (Å²) in [6, 6.07) is 18.8. The van der Waals surface area contributed by atoms with Gasteiger partial charge in [0.1, 0.15) is 0 Å². The fourth-order valence-corrected chi connectivity index (χ4v) is 3.17. The molecule has 0 aliphatic rings. The van der Waals surface area contributed by atoms with Gasteiger partial charge < -0.3 is 5.11 Å². The van der Waals surface area contributed by atoms with Crippen LogP contribution in [0.25, 0.3) is 10.8 Å². The van der Waals surface area contributed by atoms with Gasteiger partial charge in [-0.3, -0.25) is 0 Å². The molecule has 3 aromatic rings. The Morgan fingerprint density at radius 1 is 0.947 bits per heavy atom. The second kappa shape index (κ2) is 5.55. The molecule has 0 radical (unpaired) electrons. The van der Waals surface area contributed by atoms with Crippen molar-refractivity contribution in [1.82, 2.24) is 0 Å². The van der Waals surface area contributed by atoms with Gasteiger partial charge in [-0.1, -0.05) is 48.5 Å². The normalized spacial score (nSPS) is 12.7. The molecule has 1 atom stereocenters. The largest absolute Gasteiger partial charge is 0.388 e. The summed E-state index contributed by atoms with van der Waals surface area (Å²) in [5.74, 6) is 0. The van der Waals surface area contributed by atoms with Crippen molar-refractivity contribution in [3.8, 4) is 0 Å². The molecule has 0 amide bonds. The lowest BCUT2D eigenvalue weighted by atomic mass is 9.99. The second-order valence-electron chi connectivity index (χ2n) is 4.71. The summed E-state index contributed by atoms with van der Waals surface area (Å²) in [7, 11) is 0. The van der Waals surface area contributed by atoms with Crippen LogP contribution in [0, 0.1) is 0 Å². The topological polar surface area (TPSA) is 20.2 Å². The molecule has 0 fully saturated rings. The molecular weight excluding hydrogens is 252 g/mol. The molecule has 0 aliphatic carbocycles. The summed E-state index contributed by atoms with van der Waals surface area (Å²) in [6.07, 6.45) is 1.33. The third-order valence-corrected chi connectivity index (χ3v) is 4.41. The lowest BCUT2D eigenvalue weighted by molar-refractivity contribution is 0.171. The van der Waals surface area contributed by atoms with Crippen LogP contribution in [0.2, 0.25) is 0 Å². The minimum absolute atomic E-state index is 0.348. The van der Waals surface area contributed by atoms with Gasteiger partial charge in [0.2, 0.25) is 0 Å². The van der Waals surface area contributed by atoms with Crippen LogP contribution in [0.3, 0.4) is 0 Å². The quantitative estimate of drug-likeness (QED) is 0.735. The van der Waals surface area contributed by atoms with Crippen LogP contribution in [-0.2, 0) is 6.42 Å². The predicted molar refractivity (Wildman–Crippen MR) is 81.5 cm³/mol. The first-order valence-electron chi connectivity index (χ1n) is 6.53. The van der Waals surface area contributed by atoms with E-state index in [2.05, 4.69) is 42.5 Å². The van der Waals surface area contributed by atoms with Crippen LogP contribution < -0.4 is 0 Å². The summed E-state index contributed by atoms with van der Waals surface area (Å²) in [4.78, 5) is 1.06. The Labute approximate surface area is 117 Å². The fourth-order valence-electron chi connectivity index (χ4n) is 2.43. The molecule has 1 nitrogen and oxygen atoms in total. The number of hydrogen-bond donors (Lipinski definition) is 1. The molecule has 3 rings (SSSR count). The van der Waals surface area contributed by atoms with Crippen LogP contribution in [0.5, 0.6) is 0 Å². The molecule has 0 saturated carbocycles. The monoisotopic (exact) mass is 268 g/mol. The molecule has 2 aromatic carbocycles. The maximum Gasteiger partial charge on any atom is 0.0885 e. The van der Waals surface area contributed by atoms with Crippen LogP contribution >= 0.6 is 11.3 Å². The molecule has 1 unspecified atom stereocenters. The minimum atomic E-state index is -0.348. The zero-order valence-corrected chi connectivity index (χ0v) is 11.4. The Hall–Kier alpha value is -1.64. The van der Waals surface area contributed by atoms with Crippen molar-refractivity contribution in [2.24, 2.45) is 0 Å². The van der Waals surface area contributed by atoms with Crippen LogP contribution in [0.1, 0.15) is 23.0 Å². The van der Waals surface area contributed by atoms with Crippen LogP contribution in [-0.4, -0.2) is 5.11 Å². The zero-order chi connectivity index (χ0) is 13.1. The van der Waals surface area contributed by atoms with E-state index in [-0.39, 0.29) is 6.10 Å². The van der Waals surface area contributed by atoms with E-state index in [1.165, 1.54) is 16.3 Å².